The predicted octanol–water partition coefficient (Wildman–Crippen LogP) is 1.39. The molecule has 1 aliphatic heterocycles. The number of nitrogens with zero attached hydrogens (tertiary/aromatic N) is 1. The maximum atomic E-state index is 11.9. The number of nitrogens with one attached hydrogen (secondary N) is 1. The largest absolute Gasteiger partial charge is 0.472 e. The summed E-state index contributed by atoms with van der Waals surface area (Å²) in [5.41, 5.74) is 0.601. The van der Waals surface area contributed by atoms with Gasteiger partial charge in [-0.1, -0.05) is 0 Å². The minimum atomic E-state index is -0.0539. The van der Waals surface area contributed by atoms with Gasteiger partial charge in [-0.05, 0) is 24.8 Å². The van der Waals surface area contributed by atoms with Crippen LogP contribution in [-0.2, 0) is 4.74 Å². The van der Waals surface area contributed by atoms with Gasteiger partial charge < -0.3 is 14.8 Å². The van der Waals surface area contributed by atoms with E-state index in [0.29, 0.717) is 24.0 Å². The van der Waals surface area contributed by atoms with Crippen molar-refractivity contribution in [2.45, 2.75) is 25.4 Å². The zero-order chi connectivity index (χ0) is 13.1. The summed E-state index contributed by atoms with van der Waals surface area (Å²) in [4.78, 5) is 16.1. The molecule has 1 saturated carbocycles. The molecular weight excluding hydrogens is 244 g/mol. The fraction of sp³-hybridized carbons (Fsp3) is 0.571. The Hall–Kier alpha value is -1.62. The van der Waals surface area contributed by atoms with Gasteiger partial charge in [0, 0.05) is 30.8 Å². The molecule has 3 rings (SSSR count). The Morgan fingerprint density at radius 2 is 2.37 bits per heavy atom. The minimum absolute atomic E-state index is 0.0530. The smallest absolute Gasteiger partial charge is 0.251 e. The van der Waals surface area contributed by atoms with E-state index in [-0.39, 0.29) is 12.0 Å². The standard InChI is InChI=1S/C14H18N2O3/c17-14(16-8-10-1-2-10)11-3-5-15-13(7-11)19-12-4-6-18-9-12/h3,5,7,10,12H,1-2,4,6,8-9H2,(H,16,17). The number of amides is 1. The quantitative estimate of drug-likeness (QED) is 0.871. The molecule has 19 heavy (non-hydrogen) atoms. The van der Waals surface area contributed by atoms with Crippen LogP contribution >= 0.6 is 0 Å². The monoisotopic (exact) mass is 262 g/mol. The van der Waals surface area contributed by atoms with E-state index >= 15 is 0 Å². The lowest BCUT2D eigenvalue weighted by atomic mass is 10.2. The van der Waals surface area contributed by atoms with E-state index in [9.17, 15) is 4.79 Å². The average Bonchev–Trinajstić information content (AvgIpc) is 3.13. The number of carbonyl (C=O) groups excluding carboxylic acids is 1. The van der Waals surface area contributed by atoms with Gasteiger partial charge in [-0.2, -0.15) is 0 Å². The molecule has 1 saturated heterocycles. The fourth-order valence-electron chi connectivity index (χ4n) is 2.05. The van der Waals surface area contributed by atoms with Crippen LogP contribution in [0.5, 0.6) is 5.88 Å². The molecule has 2 aliphatic rings. The first kappa shape index (κ1) is 12.4. The zero-order valence-electron chi connectivity index (χ0n) is 10.8. The lowest BCUT2D eigenvalue weighted by Gasteiger charge is -2.11. The van der Waals surface area contributed by atoms with Gasteiger partial charge in [0.25, 0.3) is 5.91 Å². The molecule has 1 atom stereocenters. The Morgan fingerprint density at radius 1 is 1.47 bits per heavy atom. The highest BCUT2D eigenvalue weighted by atomic mass is 16.5. The summed E-state index contributed by atoms with van der Waals surface area (Å²) in [7, 11) is 0. The summed E-state index contributed by atoms with van der Waals surface area (Å²) in [6, 6.07) is 3.40. The second-order valence-electron chi connectivity index (χ2n) is 5.14. The van der Waals surface area contributed by atoms with Crippen LogP contribution in [0.3, 0.4) is 0 Å². The molecule has 5 nitrogen and oxygen atoms in total. The van der Waals surface area contributed by atoms with Gasteiger partial charge in [0.2, 0.25) is 5.88 Å². The highest BCUT2D eigenvalue weighted by Gasteiger charge is 2.22. The Balaban J connectivity index is 1.59. The molecule has 1 N–H and O–H groups in total. The fourth-order valence-corrected chi connectivity index (χ4v) is 2.05. The van der Waals surface area contributed by atoms with Gasteiger partial charge in [0.15, 0.2) is 0 Å². The van der Waals surface area contributed by atoms with E-state index in [1.807, 2.05) is 0 Å². The number of carbonyl (C=O) groups is 1. The van der Waals surface area contributed by atoms with E-state index in [4.69, 9.17) is 9.47 Å². The van der Waals surface area contributed by atoms with Gasteiger partial charge in [-0.3, -0.25) is 4.79 Å². The number of rotatable bonds is 5. The van der Waals surface area contributed by atoms with E-state index in [1.54, 1.807) is 18.3 Å². The van der Waals surface area contributed by atoms with E-state index < -0.39 is 0 Å². The van der Waals surface area contributed by atoms with Crippen molar-refractivity contribution in [3.05, 3.63) is 23.9 Å². The van der Waals surface area contributed by atoms with Crippen molar-refractivity contribution in [1.29, 1.82) is 0 Å². The van der Waals surface area contributed by atoms with Gasteiger partial charge in [-0.25, -0.2) is 4.98 Å². The predicted molar refractivity (Wildman–Crippen MR) is 69.1 cm³/mol. The molecule has 1 unspecified atom stereocenters. The van der Waals surface area contributed by atoms with Gasteiger partial charge in [0.05, 0.1) is 13.2 Å². The number of hydrogen-bond acceptors (Lipinski definition) is 4. The third-order valence-corrected chi connectivity index (χ3v) is 3.42. The van der Waals surface area contributed by atoms with Crippen LogP contribution in [0, 0.1) is 5.92 Å². The second kappa shape index (κ2) is 5.57. The number of ether oxygens (including phenoxy) is 2. The van der Waals surface area contributed by atoms with Crippen LogP contribution in [0.1, 0.15) is 29.6 Å². The Bertz CT molecular complexity index is 454. The van der Waals surface area contributed by atoms with Crippen molar-refractivity contribution >= 4 is 5.91 Å². The molecule has 0 radical (unpaired) electrons. The molecule has 2 fully saturated rings. The molecule has 0 aromatic carbocycles. The number of hydrogen-bond donors (Lipinski definition) is 1. The van der Waals surface area contributed by atoms with Crippen LogP contribution < -0.4 is 10.1 Å². The summed E-state index contributed by atoms with van der Waals surface area (Å²) in [5, 5.41) is 2.93. The maximum absolute atomic E-state index is 11.9. The highest BCUT2D eigenvalue weighted by molar-refractivity contribution is 5.94. The van der Waals surface area contributed by atoms with E-state index in [0.717, 1.165) is 19.6 Å². The van der Waals surface area contributed by atoms with Crippen molar-refractivity contribution in [2.24, 2.45) is 5.92 Å². The summed E-state index contributed by atoms with van der Waals surface area (Å²) in [6.07, 6.45) is 4.99. The molecule has 1 aromatic heterocycles. The normalized spacial score (nSPS) is 22.2. The third kappa shape index (κ3) is 3.44. The summed E-state index contributed by atoms with van der Waals surface area (Å²) in [5.74, 6) is 1.12. The van der Waals surface area contributed by atoms with Crippen molar-refractivity contribution in [3.63, 3.8) is 0 Å². The molecule has 2 heterocycles. The lowest BCUT2D eigenvalue weighted by molar-refractivity contribution is 0.0950. The van der Waals surface area contributed by atoms with Crippen molar-refractivity contribution in [1.82, 2.24) is 10.3 Å². The first-order valence-corrected chi connectivity index (χ1v) is 6.80. The van der Waals surface area contributed by atoms with Crippen molar-refractivity contribution in [3.8, 4) is 5.88 Å². The number of aromatic nitrogens is 1. The van der Waals surface area contributed by atoms with Crippen LogP contribution in [0.25, 0.3) is 0 Å². The van der Waals surface area contributed by atoms with Gasteiger partial charge in [0.1, 0.15) is 6.10 Å². The topological polar surface area (TPSA) is 60.5 Å². The summed E-state index contributed by atoms with van der Waals surface area (Å²) >= 11 is 0. The number of pyridine rings is 1. The maximum Gasteiger partial charge on any atom is 0.251 e. The third-order valence-electron chi connectivity index (χ3n) is 3.42. The first-order chi connectivity index (χ1) is 9.31. The Labute approximate surface area is 112 Å². The molecule has 1 aliphatic carbocycles. The lowest BCUT2D eigenvalue weighted by Crippen LogP contribution is -2.25. The van der Waals surface area contributed by atoms with Crippen molar-refractivity contribution < 1.29 is 14.3 Å². The highest BCUT2D eigenvalue weighted by Crippen LogP contribution is 2.27. The zero-order valence-corrected chi connectivity index (χ0v) is 10.8. The Morgan fingerprint density at radius 3 is 3.11 bits per heavy atom. The summed E-state index contributed by atoms with van der Waals surface area (Å²) < 4.78 is 10.9. The van der Waals surface area contributed by atoms with Crippen LogP contribution in [0.15, 0.2) is 18.3 Å². The summed E-state index contributed by atoms with van der Waals surface area (Å²) in [6.45, 7) is 2.10. The van der Waals surface area contributed by atoms with Gasteiger partial charge >= 0.3 is 0 Å². The van der Waals surface area contributed by atoms with Crippen LogP contribution in [-0.4, -0.2) is 36.8 Å². The molecule has 1 aromatic rings. The van der Waals surface area contributed by atoms with Gasteiger partial charge in [-0.15, -0.1) is 0 Å². The van der Waals surface area contributed by atoms with Crippen LogP contribution in [0.2, 0.25) is 0 Å². The molecule has 102 valence electrons. The molecule has 1 amide bonds. The van der Waals surface area contributed by atoms with Crippen molar-refractivity contribution in [2.75, 3.05) is 19.8 Å². The molecule has 0 bridgehead atoms. The van der Waals surface area contributed by atoms with Crippen LogP contribution in [0.4, 0.5) is 0 Å². The van der Waals surface area contributed by atoms with E-state index in [2.05, 4.69) is 10.3 Å². The minimum Gasteiger partial charge on any atom is -0.472 e. The Kier molecular flexibility index (Phi) is 3.64. The van der Waals surface area contributed by atoms with E-state index in [1.165, 1.54) is 12.8 Å². The average molecular weight is 262 g/mol. The second-order valence-corrected chi connectivity index (χ2v) is 5.14. The molecular formula is C14H18N2O3. The molecule has 5 heteroatoms. The first-order valence-electron chi connectivity index (χ1n) is 6.80. The SMILES string of the molecule is O=C(NCC1CC1)c1ccnc(OC2CCOC2)c1. The molecule has 0 spiro atoms.